The van der Waals surface area contributed by atoms with Gasteiger partial charge < -0.3 is 10.1 Å². The highest BCUT2D eigenvalue weighted by atomic mass is 35.5. The summed E-state index contributed by atoms with van der Waals surface area (Å²) in [6, 6.07) is 1.90. The summed E-state index contributed by atoms with van der Waals surface area (Å²) in [7, 11) is 2.46. The number of hydrogen-bond acceptors (Lipinski definition) is 4. The second-order valence-electron chi connectivity index (χ2n) is 3.12. The summed E-state index contributed by atoms with van der Waals surface area (Å²) in [6.45, 7) is 0. The maximum absolute atomic E-state index is 11.6. The van der Waals surface area contributed by atoms with E-state index in [-0.39, 0.29) is 20.8 Å². The van der Waals surface area contributed by atoms with Crippen molar-refractivity contribution in [3.63, 3.8) is 0 Å². The Kier molecular flexibility index (Phi) is 5.53. The second kappa shape index (κ2) is 6.70. The lowest BCUT2D eigenvalue weighted by Gasteiger charge is -2.20. The first-order valence-electron chi connectivity index (χ1n) is 4.83. The van der Waals surface area contributed by atoms with E-state index in [9.17, 15) is 9.59 Å². The number of nitrogens with one attached hydrogen (secondary N) is 1. The molecule has 0 spiro atoms. The van der Waals surface area contributed by atoms with Crippen molar-refractivity contribution >= 4 is 52.7 Å². The van der Waals surface area contributed by atoms with E-state index in [0.29, 0.717) is 5.06 Å². The van der Waals surface area contributed by atoms with Crippen molar-refractivity contribution in [3.8, 4) is 0 Å². The van der Waals surface area contributed by atoms with Gasteiger partial charge in [0.1, 0.15) is 0 Å². The Bertz CT molecular complexity index is 487. The molecule has 0 fully saturated rings. The molecule has 0 heterocycles. The van der Waals surface area contributed by atoms with Gasteiger partial charge in [0, 0.05) is 7.05 Å². The molecule has 1 N–H and O–H groups in total. The number of carbonyl (C=O) groups is 2. The minimum absolute atomic E-state index is 0.103. The lowest BCUT2D eigenvalue weighted by atomic mass is 10.3. The molecular formula is C10H9Cl3N2O4. The highest BCUT2D eigenvalue weighted by Gasteiger charge is 2.22. The number of hydrogen-bond donors (Lipinski definition) is 1. The summed E-state index contributed by atoms with van der Waals surface area (Å²) in [5.41, 5.74) is 0.115. The molecule has 0 aliphatic rings. The minimum atomic E-state index is -1.08. The topological polar surface area (TPSA) is 67.9 Å². The molecule has 9 heteroatoms. The third-order valence-corrected chi connectivity index (χ3v) is 3.13. The zero-order valence-corrected chi connectivity index (χ0v) is 12.1. The Labute approximate surface area is 124 Å². The van der Waals surface area contributed by atoms with Crippen molar-refractivity contribution in [1.29, 1.82) is 0 Å². The predicted octanol–water partition coefficient (Wildman–Crippen LogP) is 3.49. The Morgan fingerprint density at radius 2 is 1.74 bits per heavy atom. The molecule has 0 aliphatic heterocycles. The summed E-state index contributed by atoms with van der Waals surface area (Å²) in [6.07, 6.45) is -1.08. The lowest BCUT2D eigenvalue weighted by Crippen LogP contribution is -2.39. The van der Waals surface area contributed by atoms with Crippen molar-refractivity contribution in [2.75, 3.05) is 19.2 Å². The van der Waals surface area contributed by atoms with Gasteiger partial charge in [0.25, 0.3) is 0 Å². The molecule has 0 aromatic heterocycles. The van der Waals surface area contributed by atoms with Crippen LogP contribution >= 0.6 is 34.8 Å². The first kappa shape index (κ1) is 15.7. The number of amides is 2. The van der Waals surface area contributed by atoms with Crippen molar-refractivity contribution < 1.29 is 19.2 Å². The van der Waals surface area contributed by atoms with E-state index in [1.54, 1.807) is 0 Å². The zero-order chi connectivity index (χ0) is 14.6. The van der Waals surface area contributed by atoms with E-state index in [2.05, 4.69) is 14.9 Å². The maximum atomic E-state index is 11.6. The third-order valence-electron chi connectivity index (χ3n) is 1.93. The van der Waals surface area contributed by atoms with E-state index < -0.39 is 12.2 Å². The Morgan fingerprint density at radius 1 is 1.21 bits per heavy atom. The molecule has 0 bridgehead atoms. The number of hydroxylamine groups is 1. The highest BCUT2D eigenvalue weighted by molar-refractivity contribution is 6.48. The zero-order valence-electron chi connectivity index (χ0n) is 9.87. The van der Waals surface area contributed by atoms with Crippen LogP contribution in [0.1, 0.15) is 0 Å². The molecule has 0 atom stereocenters. The third kappa shape index (κ3) is 3.79. The molecule has 104 valence electrons. The normalized spacial score (nSPS) is 9.74. The fraction of sp³-hybridized carbons (Fsp3) is 0.200. The van der Waals surface area contributed by atoms with E-state index in [1.165, 1.54) is 19.2 Å². The van der Waals surface area contributed by atoms with Gasteiger partial charge in [0.15, 0.2) is 0 Å². The van der Waals surface area contributed by atoms with Crippen LogP contribution in [0.2, 0.25) is 15.1 Å². The van der Waals surface area contributed by atoms with Gasteiger partial charge in [-0.2, -0.15) is 0 Å². The number of ether oxygens (including phenoxy) is 1. The molecule has 0 radical (unpaired) electrons. The molecule has 2 amide bonds. The van der Waals surface area contributed by atoms with Gasteiger partial charge in [-0.15, -0.1) is 5.06 Å². The monoisotopic (exact) mass is 326 g/mol. The number of halogens is 3. The fourth-order valence-electron chi connectivity index (χ4n) is 1.08. The summed E-state index contributed by atoms with van der Waals surface area (Å²) in [4.78, 5) is 27.4. The molecule has 1 aromatic rings. The number of carbonyl (C=O) groups excluding carboxylic acids is 2. The lowest BCUT2D eigenvalue weighted by molar-refractivity contribution is 0.0683. The van der Waals surface area contributed by atoms with Crippen LogP contribution in [0.4, 0.5) is 15.3 Å². The SMILES string of the molecule is CNC(=O)N(OC(=O)OC)c1cc(Cl)c(Cl)c(Cl)c1. The molecular weight excluding hydrogens is 318 g/mol. The van der Waals surface area contributed by atoms with Crippen LogP contribution < -0.4 is 10.4 Å². The average Bonchev–Trinajstić information content (AvgIpc) is 2.40. The number of urea groups is 1. The van der Waals surface area contributed by atoms with Crippen molar-refractivity contribution in [2.24, 2.45) is 0 Å². The van der Waals surface area contributed by atoms with Gasteiger partial charge in [-0.25, -0.2) is 9.59 Å². The fourth-order valence-corrected chi connectivity index (χ4v) is 1.67. The summed E-state index contributed by atoms with van der Waals surface area (Å²) in [5.74, 6) is 0. The van der Waals surface area contributed by atoms with E-state index >= 15 is 0 Å². The van der Waals surface area contributed by atoms with Crippen LogP contribution in [0.5, 0.6) is 0 Å². The van der Waals surface area contributed by atoms with Crippen LogP contribution in [-0.4, -0.2) is 26.3 Å². The smallest absolute Gasteiger partial charge is 0.436 e. The first-order valence-corrected chi connectivity index (χ1v) is 5.96. The maximum Gasteiger partial charge on any atom is 0.533 e. The Morgan fingerprint density at radius 3 is 2.16 bits per heavy atom. The predicted molar refractivity (Wildman–Crippen MR) is 71.9 cm³/mol. The van der Waals surface area contributed by atoms with Gasteiger partial charge in [-0.05, 0) is 12.1 Å². The van der Waals surface area contributed by atoms with Crippen molar-refractivity contribution in [1.82, 2.24) is 5.32 Å². The van der Waals surface area contributed by atoms with Crippen LogP contribution in [0.15, 0.2) is 12.1 Å². The highest BCUT2D eigenvalue weighted by Crippen LogP contribution is 2.34. The Balaban J connectivity index is 3.17. The first-order chi connectivity index (χ1) is 8.90. The molecule has 0 aliphatic carbocycles. The molecule has 0 saturated heterocycles. The van der Waals surface area contributed by atoms with Gasteiger partial charge in [0.2, 0.25) is 0 Å². The number of anilines is 1. The largest absolute Gasteiger partial charge is 0.533 e. The average molecular weight is 328 g/mol. The summed E-state index contributed by atoms with van der Waals surface area (Å²) in [5, 5.41) is 3.25. The molecule has 1 rings (SSSR count). The van der Waals surface area contributed by atoms with Crippen LogP contribution in [0, 0.1) is 0 Å². The van der Waals surface area contributed by atoms with Crippen LogP contribution in [0.25, 0.3) is 0 Å². The number of rotatable bonds is 1. The standard InChI is InChI=1S/C10H9Cl3N2O4/c1-14-9(16)15(19-10(17)18-2)5-3-6(11)8(13)7(12)4-5/h3-4H,1-2H3,(H,14,16). The Hall–Kier alpha value is -1.37. The number of methoxy groups -OCH3 is 1. The molecule has 0 saturated carbocycles. The molecule has 19 heavy (non-hydrogen) atoms. The van der Waals surface area contributed by atoms with Crippen LogP contribution in [-0.2, 0) is 9.57 Å². The molecule has 1 aromatic carbocycles. The summed E-state index contributed by atoms with van der Waals surface area (Å²) >= 11 is 17.5. The van der Waals surface area contributed by atoms with Crippen molar-refractivity contribution in [3.05, 3.63) is 27.2 Å². The number of nitrogens with zero attached hydrogens (tertiary/aromatic N) is 1. The van der Waals surface area contributed by atoms with Gasteiger partial charge in [-0.3, -0.25) is 4.84 Å². The van der Waals surface area contributed by atoms with Gasteiger partial charge >= 0.3 is 12.2 Å². The van der Waals surface area contributed by atoms with Crippen molar-refractivity contribution in [2.45, 2.75) is 0 Å². The molecule has 0 unspecified atom stereocenters. The number of benzene rings is 1. The molecule has 6 nitrogen and oxygen atoms in total. The van der Waals surface area contributed by atoms with E-state index in [1.807, 2.05) is 0 Å². The second-order valence-corrected chi connectivity index (χ2v) is 4.31. The van der Waals surface area contributed by atoms with Gasteiger partial charge in [0.05, 0.1) is 27.9 Å². The van der Waals surface area contributed by atoms with E-state index in [0.717, 1.165) is 7.11 Å². The summed E-state index contributed by atoms with van der Waals surface area (Å²) < 4.78 is 4.31. The van der Waals surface area contributed by atoms with E-state index in [4.69, 9.17) is 34.8 Å². The van der Waals surface area contributed by atoms with Crippen LogP contribution in [0.3, 0.4) is 0 Å². The quantitative estimate of drug-likeness (QED) is 0.487. The minimum Gasteiger partial charge on any atom is -0.436 e. The van der Waals surface area contributed by atoms with Gasteiger partial charge in [-0.1, -0.05) is 34.8 Å².